The summed E-state index contributed by atoms with van der Waals surface area (Å²) >= 11 is 0. The van der Waals surface area contributed by atoms with Crippen molar-refractivity contribution in [2.45, 2.75) is 19.3 Å². The van der Waals surface area contributed by atoms with E-state index < -0.39 is 11.9 Å². The van der Waals surface area contributed by atoms with Gasteiger partial charge < -0.3 is 14.8 Å². The Morgan fingerprint density at radius 1 is 1.30 bits per heavy atom. The summed E-state index contributed by atoms with van der Waals surface area (Å²) in [6.45, 7) is 2.52. The lowest BCUT2D eigenvalue weighted by Gasteiger charge is -2.22. The zero-order chi connectivity index (χ0) is 19.0. The number of fused-ring (bicyclic) bond motifs is 2. The van der Waals surface area contributed by atoms with Crippen LogP contribution in [0.4, 0.5) is 5.82 Å². The molecule has 0 fully saturated rings. The quantitative estimate of drug-likeness (QED) is 0.688. The van der Waals surface area contributed by atoms with Gasteiger partial charge in [0, 0.05) is 29.0 Å². The molecule has 1 unspecified atom stereocenters. The van der Waals surface area contributed by atoms with Crippen LogP contribution in [0, 0.1) is 0 Å². The van der Waals surface area contributed by atoms with E-state index in [2.05, 4.69) is 15.5 Å². The van der Waals surface area contributed by atoms with Crippen LogP contribution in [-0.2, 0) is 9.53 Å². The number of amides is 1. The number of pyridine rings is 1. The van der Waals surface area contributed by atoms with Gasteiger partial charge in [-0.1, -0.05) is 6.07 Å². The summed E-state index contributed by atoms with van der Waals surface area (Å²) in [6.07, 6.45) is 0.173. The molecule has 27 heavy (non-hydrogen) atoms. The van der Waals surface area contributed by atoms with Crippen molar-refractivity contribution in [3.05, 3.63) is 47.3 Å². The molecular formula is C19H18N4O4. The van der Waals surface area contributed by atoms with Crippen LogP contribution in [-0.4, -0.2) is 40.8 Å². The Morgan fingerprint density at radius 3 is 2.93 bits per heavy atom. The van der Waals surface area contributed by atoms with E-state index in [-0.39, 0.29) is 18.0 Å². The summed E-state index contributed by atoms with van der Waals surface area (Å²) in [7, 11) is 1.30. The largest absolute Gasteiger partial charge is 0.494 e. The Bertz CT molecular complexity index is 1040. The number of methoxy groups -OCH3 is 1. The molecule has 2 aromatic heterocycles. The average molecular weight is 366 g/mol. The van der Waals surface area contributed by atoms with Crippen LogP contribution in [0.1, 0.15) is 41.0 Å². The van der Waals surface area contributed by atoms with E-state index in [1.54, 1.807) is 0 Å². The molecule has 2 N–H and O–H groups in total. The lowest BCUT2D eigenvalue weighted by Crippen LogP contribution is -2.25. The number of aromatic nitrogens is 3. The number of hydrogen-bond acceptors (Lipinski definition) is 6. The van der Waals surface area contributed by atoms with Crippen LogP contribution in [0.15, 0.2) is 30.3 Å². The lowest BCUT2D eigenvalue weighted by atomic mass is 9.88. The number of nitrogens with one attached hydrogen (secondary N) is 2. The molecular weight excluding hydrogens is 348 g/mol. The van der Waals surface area contributed by atoms with Gasteiger partial charge in [0.2, 0.25) is 5.91 Å². The van der Waals surface area contributed by atoms with Crippen molar-refractivity contribution in [1.29, 1.82) is 0 Å². The summed E-state index contributed by atoms with van der Waals surface area (Å²) in [5.41, 5.74) is 2.30. The van der Waals surface area contributed by atoms with Gasteiger partial charge in [-0.15, -0.1) is 0 Å². The molecule has 0 saturated carbocycles. The number of carbonyl (C=O) groups is 2. The highest BCUT2D eigenvalue weighted by Crippen LogP contribution is 2.38. The van der Waals surface area contributed by atoms with Gasteiger partial charge in [0.25, 0.3) is 0 Å². The standard InChI is InChI=1S/C19H18N4O4/c1-3-27-11-5-7-13-10(8-11)4-6-14(20-13)12-9-15(24)21-18-16(12)17(22-23-18)19(25)26-2/h4-8,12H,3,9H2,1-2H3,(H2,21,22,23,24). The molecule has 0 aliphatic carbocycles. The van der Waals surface area contributed by atoms with Gasteiger partial charge in [0.1, 0.15) is 11.4 Å². The van der Waals surface area contributed by atoms with Gasteiger partial charge >= 0.3 is 5.97 Å². The number of ether oxygens (including phenoxy) is 2. The van der Waals surface area contributed by atoms with E-state index in [4.69, 9.17) is 14.5 Å². The van der Waals surface area contributed by atoms with Gasteiger partial charge in [-0.2, -0.15) is 5.10 Å². The second-order valence-corrected chi connectivity index (χ2v) is 6.18. The first-order valence-electron chi connectivity index (χ1n) is 8.60. The number of aromatic amines is 1. The van der Waals surface area contributed by atoms with Crippen LogP contribution in [0.3, 0.4) is 0 Å². The van der Waals surface area contributed by atoms with Crippen molar-refractivity contribution >= 4 is 28.6 Å². The maximum atomic E-state index is 12.1. The smallest absolute Gasteiger partial charge is 0.356 e. The fourth-order valence-corrected chi connectivity index (χ4v) is 3.34. The molecule has 0 bridgehead atoms. The molecule has 1 amide bonds. The molecule has 4 rings (SSSR count). The number of esters is 1. The third-order valence-electron chi connectivity index (χ3n) is 4.54. The first-order chi connectivity index (χ1) is 13.1. The predicted molar refractivity (Wildman–Crippen MR) is 97.9 cm³/mol. The maximum Gasteiger partial charge on any atom is 0.356 e. The van der Waals surface area contributed by atoms with E-state index >= 15 is 0 Å². The highest BCUT2D eigenvalue weighted by atomic mass is 16.5. The second kappa shape index (κ2) is 6.71. The fourth-order valence-electron chi connectivity index (χ4n) is 3.34. The second-order valence-electron chi connectivity index (χ2n) is 6.18. The molecule has 1 aromatic carbocycles. The number of anilines is 1. The van der Waals surface area contributed by atoms with Crippen molar-refractivity contribution in [2.24, 2.45) is 0 Å². The average Bonchev–Trinajstić information content (AvgIpc) is 3.10. The van der Waals surface area contributed by atoms with Crippen molar-refractivity contribution in [1.82, 2.24) is 15.2 Å². The Kier molecular flexibility index (Phi) is 4.23. The van der Waals surface area contributed by atoms with Crippen LogP contribution < -0.4 is 10.1 Å². The molecule has 1 aliphatic rings. The number of hydrogen-bond donors (Lipinski definition) is 2. The van der Waals surface area contributed by atoms with Crippen molar-refractivity contribution in [3.8, 4) is 5.75 Å². The van der Waals surface area contributed by atoms with Gasteiger partial charge in [-0.3, -0.25) is 14.9 Å². The molecule has 0 saturated heterocycles. The van der Waals surface area contributed by atoms with Gasteiger partial charge in [-0.25, -0.2) is 4.79 Å². The van der Waals surface area contributed by atoms with Gasteiger partial charge in [0.05, 0.1) is 19.2 Å². The predicted octanol–water partition coefficient (Wildman–Crippen LogP) is 2.62. The highest BCUT2D eigenvalue weighted by molar-refractivity contribution is 5.99. The van der Waals surface area contributed by atoms with Crippen LogP contribution in [0.25, 0.3) is 10.9 Å². The van der Waals surface area contributed by atoms with E-state index in [0.717, 1.165) is 16.7 Å². The number of rotatable bonds is 4. The molecule has 8 nitrogen and oxygen atoms in total. The first kappa shape index (κ1) is 17.0. The molecule has 3 aromatic rings. The van der Waals surface area contributed by atoms with Crippen molar-refractivity contribution < 1.29 is 19.1 Å². The Hall–Kier alpha value is -3.42. The first-order valence-corrected chi connectivity index (χ1v) is 8.60. The Morgan fingerprint density at radius 2 is 2.15 bits per heavy atom. The van der Waals surface area contributed by atoms with Gasteiger partial charge in [0.15, 0.2) is 5.82 Å². The molecule has 3 heterocycles. The summed E-state index contributed by atoms with van der Waals surface area (Å²) in [4.78, 5) is 28.9. The summed E-state index contributed by atoms with van der Waals surface area (Å²) in [5.74, 6) is 0.0144. The number of benzene rings is 1. The minimum absolute atomic E-state index is 0.173. The zero-order valence-electron chi connectivity index (χ0n) is 14.9. The van der Waals surface area contributed by atoms with E-state index in [9.17, 15) is 9.59 Å². The lowest BCUT2D eigenvalue weighted by molar-refractivity contribution is -0.116. The molecule has 138 valence electrons. The normalized spacial score (nSPS) is 15.9. The molecule has 0 radical (unpaired) electrons. The molecule has 1 aliphatic heterocycles. The molecule has 0 spiro atoms. The topological polar surface area (TPSA) is 106 Å². The van der Waals surface area contributed by atoms with Crippen LogP contribution in [0.2, 0.25) is 0 Å². The zero-order valence-corrected chi connectivity index (χ0v) is 14.9. The Labute approximate surface area is 154 Å². The SMILES string of the molecule is CCOc1ccc2nc(C3CC(=O)Nc4n[nH]c(C(=O)OC)c43)ccc2c1. The van der Waals surface area contributed by atoms with Crippen LogP contribution in [0.5, 0.6) is 5.75 Å². The van der Waals surface area contributed by atoms with Gasteiger partial charge in [-0.05, 0) is 31.2 Å². The minimum atomic E-state index is -0.535. The monoisotopic (exact) mass is 366 g/mol. The number of H-pyrrole nitrogens is 1. The minimum Gasteiger partial charge on any atom is -0.494 e. The van der Waals surface area contributed by atoms with E-state index in [0.29, 0.717) is 23.7 Å². The number of nitrogens with zero attached hydrogens (tertiary/aromatic N) is 2. The van der Waals surface area contributed by atoms with E-state index in [1.807, 2.05) is 37.3 Å². The fraction of sp³-hybridized carbons (Fsp3) is 0.263. The third kappa shape index (κ3) is 2.99. The van der Waals surface area contributed by atoms with Crippen molar-refractivity contribution in [2.75, 3.05) is 19.0 Å². The van der Waals surface area contributed by atoms with E-state index in [1.165, 1.54) is 7.11 Å². The molecule has 1 atom stereocenters. The molecule has 8 heteroatoms. The van der Waals surface area contributed by atoms with Crippen LogP contribution >= 0.6 is 0 Å². The summed E-state index contributed by atoms with van der Waals surface area (Å²) in [5, 5.41) is 10.3. The van der Waals surface area contributed by atoms with Crippen molar-refractivity contribution in [3.63, 3.8) is 0 Å². The highest BCUT2D eigenvalue weighted by Gasteiger charge is 2.34. The Balaban J connectivity index is 1.79. The number of carbonyl (C=O) groups excluding carboxylic acids is 2. The maximum absolute atomic E-state index is 12.1. The third-order valence-corrected chi connectivity index (χ3v) is 4.54. The summed E-state index contributed by atoms with van der Waals surface area (Å²) < 4.78 is 10.3. The summed E-state index contributed by atoms with van der Waals surface area (Å²) in [6, 6.07) is 9.46.